The fraction of sp³-hybridized carbons (Fsp3) is 0.154. The smallest absolute Gasteiger partial charge is 0.257 e. The standard InChI is InChI=1S/C26H22ClFN2O2/c1-16-11-19-13-20(25(31)29-24(19)12-17(16)2)15-30(14-18-7-3-5-9-22(18)27)26(32)21-8-4-6-10-23(21)28/h3-13H,14-15H2,1-2H3,(H,29,31). The first-order valence-electron chi connectivity index (χ1n) is 10.2. The molecule has 4 rings (SSSR count). The van der Waals surface area contributed by atoms with Gasteiger partial charge >= 0.3 is 0 Å². The lowest BCUT2D eigenvalue weighted by Crippen LogP contribution is -2.33. The Kier molecular flexibility index (Phi) is 6.10. The number of hydrogen-bond acceptors (Lipinski definition) is 2. The van der Waals surface area contributed by atoms with Crippen LogP contribution in [-0.4, -0.2) is 15.8 Å². The molecule has 6 heteroatoms. The fourth-order valence-corrected chi connectivity index (χ4v) is 3.88. The zero-order valence-corrected chi connectivity index (χ0v) is 18.5. The highest BCUT2D eigenvalue weighted by Gasteiger charge is 2.22. The number of amides is 1. The van der Waals surface area contributed by atoms with Crippen LogP contribution in [0.2, 0.25) is 5.02 Å². The van der Waals surface area contributed by atoms with Gasteiger partial charge in [0.25, 0.3) is 11.5 Å². The molecule has 4 nitrogen and oxygen atoms in total. The number of pyridine rings is 1. The van der Waals surface area contributed by atoms with E-state index in [4.69, 9.17) is 11.6 Å². The molecule has 0 bridgehead atoms. The number of carbonyl (C=O) groups excluding carboxylic acids is 1. The van der Waals surface area contributed by atoms with Crippen LogP contribution >= 0.6 is 11.6 Å². The number of halogens is 2. The lowest BCUT2D eigenvalue weighted by atomic mass is 10.0. The van der Waals surface area contributed by atoms with E-state index >= 15 is 0 Å². The molecule has 1 amide bonds. The summed E-state index contributed by atoms with van der Waals surface area (Å²) in [6.45, 7) is 4.14. The van der Waals surface area contributed by atoms with E-state index in [1.807, 2.05) is 32.0 Å². The van der Waals surface area contributed by atoms with E-state index in [0.717, 1.165) is 22.0 Å². The maximum atomic E-state index is 14.4. The summed E-state index contributed by atoms with van der Waals surface area (Å²) in [6.07, 6.45) is 0. The summed E-state index contributed by atoms with van der Waals surface area (Å²) in [6, 6.07) is 18.7. The first-order chi connectivity index (χ1) is 15.3. The van der Waals surface area contributed by atoms with Crippen molar-refractivity contribution in [3.8, 4) is 0 Å². The summed E-state index contributed by atoms with van der Waals surface area (Å²) in [5.41, 5.74) is 3.70. The number of aryl methyl sites for hydroxylation is 2. The minimum atomic E-state index is -0.611. The Morgan fingerprint density at radius 1 is 0.938 bits per heavy atom. The number of carbonyl (C=O) groups is 1. The third-order valence-corrected chi connectivity index (χ3v) is 5.98. The molecular formula is C26H22ClFN2O2. The minimum Gasteiger partial charge on any atom is -0.330 e. The molecule has 0 aliphatic rings. The number of nitrogens with zero attached hydrogens (tertiary/aromatic N) is 1. The molecule has 0 saturated heterocycles. The van der Waals surface area contributed by atoms with E-state index in [0.29, 0.717) is 16.1 Å². The van der Waals surface area contributed by atoms with E-state index < -0.39 is 11.7 Å². The molecule has 0 spiro atoms. The van der Waals surface area contributed by atoms with Crippen molar-refractivity contribution >= 4 is 28.4 Å². The number of aromatic amines is 1. The molecule has 4 aromatic rings. The van der Waals surface area contributed by atoms with Gasteiger partial charge in [0.1, 0.15) is 5.82 Å². The summed E-state index contributed by atoms with van der Waals surface area (Å²) in [5, 5.41) is 1.37. The van der Waals surface area contributed by atoms with Crippen LogP contribution in [0.15, 0.2) is 71.5 Å². The summed E-state index contributed by atoms with van der Waals surface area (Å²) in [4.78, 5) is 30.5. The van der Waals surface area contributed by atoms with Crippen LogP contribution in [0.3, 0.4) is 0 Å². The molecule has 0 saturated carbocycles. The predicted octanol–water partition coefficient (Wildman–Crippen LogP) is 5.78. The molecule has 3 aromatic carbocycles. The van der Waals surface area contributed by atoms with E-state index in [1.165, 1.54) is 23.1 Å². The van der Waals surface area contributed by atoms with Gasteiger partial charge in [-0.2, -0.15) is 0 Å². The fourth-order valence-electron chi connectivity index (χ4n) is 3.68. The van der Waals surface area contributed by atoms with Crippen molar-refractivity contribution in [3.05, 3.63) is 116 Å². The van der Waals surface area contributed by atoms with E-state index in [-0.39, 0.29) is 24.2 Å². The highest BCUT2D eigenvalue weighted by molar-refractivity contribution is 6.31. The molecule has 0 aliphatic carbocycles. The highest BCUT2D eigenvalue weighted by Crippen LogP contribution is 2.22. The van der Waals surface area contributed by atoms with Crippen LogP contribution in [0, 0.1) is 19.7 Å². The molecule has 1 heterocycles. The van der Waals surface area contributed by atoms with E-state index in [9.17, 15) is 14.0 Å². The minimum absolute atomic E-state index is 0.0105. The van der Waals surface area contributed by atoms with Gasteiger partial charge in [-0.25, -0.2) is 4.39 Å². The molecule has 162 valence electrons. The Morgan fingerprint density at radius 2 is 1.59 bits per heavy atom. The Morgan fingerprint density at radius 3 is 2.34 bits per heavy atom. The van der Waals surface area contributed by atoms with Gasteiger partial charge in [-0.05, 0) is 72.3 Å². The van der Waals surface area contributed by atoms with Crippen LogP contribution in [-0.2, 0) is 13.1 Å². The summed E-state index contributed by atoms with van der Waals surface area (Å²) >= 11 is 6.31. The first kappa shape index (κ1) is 21.8. The van der Waals surface area contributed by atoms with Crippen molar-refractivity contribution in [1.82, 2.24) is 9.88 Å². The van der Waals surface area contributed by atoms with Crippen molar-refractivity contribution in [1.29, 1.82) is 0 Å². The SMILES string of the molecule is Cc1cc2cc(CN(Cc3ccccc3Cl)C(=O)c3ccccc3F)c(=O)[nH]c2cc1C. The van der Waals surface area contributed by atoms with Crippen LogP contribution in [0.4, 0.5) is 4.39 Å². The second-order valence-corrected chi connectivity index (χ2v) is 8.29. The maximum absolute atomic E-state index is 14.4. The van der Waals surface area contributed by atoms with E-state index in [1.54, 1.807) is 30.3 Å². The molecule has 0 radical (unpaired) electrons. The van der Waals surface area contributed by atoms with Gasteiger partial charge in [-0.3, -0.25) is 9.59 Å². The second kappa shape index (κ2) is 8.97. The second-order valence-electron chi connectivity index (χ2n) is 7.88. The monoisotopic (exact) mass is 448 g/mol. The quantitative estimate of drug-likeness (QED) is 0.420. The van der Waals surface area contributed by atoms with Gasteiger partial charge in [-0.1, -0.05) is 41.9 Å². The van der Waals surface area contributed by atoms with Crippen molar-refractivity contribution in [2.24, 2.45) is 0 Å². The van der Waals surface area contributed by atoms with Gasteiger partial charge in [0.2, 0.25) is 0 Å². The Hall–Kier alpha value is -3.44. The van der Waals surface area contributed by atoms with Crippen molar-refractivity contribution < 1.29 is 9.18 Å². The molecule has 32 heavy (non-hydrogen) atoms. The summed E-state index contributed by atoms with van der Waals surface area (Å²) in [5.74, 6) is -1.12. The Balaban J connectivity index is 1.76. The van der Waals surface area contributed by atoms with Gasteiger partial charge in [0.15, 0.2) is 0 Å². The number of aromatic nitrogens is 1. The Labute approximate surface area is 190 Å². The topological polar surface area (TPSA) is 53.2 Å². The zero-order chi connectivity index (χ0) is 22.8. The van der Waals surface area contributed by atoms with Crippen LogP contribution < -0.4 is 5.56 Å². The van der Waals surface area contributed by atoms with Gasteiger partial charge < -0.3 is 9.88 Å². The van der Waals surface area contributed by atoms with Crippen molar-refractivity contribution in [3.63, 3.8) is 0 Å². The number of fused-ring (bicyclic) bond motifs is 1. The molecular weight excluding hydrogens is 427 g/mol. The van der Waals surface area contributed by atoms with Crippen molar-refractivity contribution in [2.45, 2.75) is 26.9 Å². The van der Waals surface area contributed by atoms with Gasteiger partial charge in [0, 0.05) is 22.6 Å². The number of H-pyrrole nitrogens is 1. The molecule has 0 atom stereocenters. The predicted molar refractivity (Wildman–Crippen MR) is 125 cm³/mol. The molecule has 0 aliphatic heterocycles. The maximum Gasteiger partial charge on any atom is 0.257 e. The zero-order valence-electron chi connectivity index (χ0n) is 17.8. The van der Waals surface area contributed by atoms with Crippen LogP contribution in [0.25, 0.3) is 10.9 Å². The highest BCUT2D eigenvalue weighted by atomic mass is 35.5. The number of hydrogen-bond donors (Lipinski definition) is 1. The third kappa shape index (κ3) is 4.43. The average Bonchev–Trinajstić information content (AvgIpc) is 2.76. The lowest BCUT2D eigenvalue weighted by Gasteiger charge is -2.24. The van der Waals surface area contributed by atoms with Crippen LogP contribution in [0.5, 0.6) is 0 Å². The molecule has 0 unspecified atom stereocenters. The van der Waals surface area contributed by atoms with E-state index in [2.05, 4.69) is 4.98 Å². The summed E-state index contributed by atoms with van der Waals surface area (Å²) in [7, 11) is 0. The molecule has 0 fully saturated rings. The van der Waals surface area contributed by atoms with Gasteiger partial charge in [-0.15, -0.1) is 0 Å². The number of rotatable bonds is 5. The average molecular weight is 449 g/mol. The first-order valence-corrected chi connectivity index (χ1v) is 10.6. The van der Waals surface area contributed by atoms with Gasteiger partial charge in [0.05, 0.1) is 12.1 Å². The Bertz CT molecular complexity index is 1380. The lowest BCUT2D eigenvalue weighted by molar-refractivity contribution is 0.0724. The summed E-state index contributed by atoms with van der Waals surface area (Å²) < 4.78 is 14.4. The molecule has 1 aromatic heterocycles. The number of benzene rings is 3. The third-order valence-electron chi connectivity index (χ3n) is 5.61. The molecule has 1 N–H and O–H groups in total. The largest absolute Gasteiger partial charge is 0.330 e. The number of nitrogens with one attached hydrogen (secondary N) is 1. The normalized spacial score (nSPS) is 11.0. The van der Waals surface area contributed by atoms with Crippen LogP contribution in [0.1, 0.15) is 32.6 Å². The van der Waals surface area contributed by atoms with Crippen molar-refractivity contribution in [2.75, 3.05) is 0 Å².